The van der Waals surface area contributed by atoms with Crippen LogP contribution in [0.5, 0.6) is 0 Å². The maximum absolute atomic E-state index is 12.5. The molecule has 0 radical (unpaired) electrons. The van der Waals surface area contributed by atoms with Crippen molar-refractivity contribution >= 4 is 15.7 Å². The van der Waals surface area contributed by atoms with E-state index in [9.17, 15) is 21.6 Å². The molecular weight excluding hydrogens is 305 g/mol. The summed E-state index contributed by atoms with van der Waals surface area (Å²) in [6.07, 6.45) is -3.77. The lowest BCUT2D eigenvalue weighted by Gasteiger charge is -2.26. The van der Waals surface area contributed by atoms with Crippen LogP contribution in [0.25, 0.3) is 0 Å². The summed E-state index contributed by atoms with van der Waals surface area (Å²) >= 11 is 0. The molecule has 1 aromatic carbocycles. The van der Waals surface area contributed by atoms with Crippen LogP contribution in [0, 0.1) is 0 Å². The third-order valence-electron chi connectivity index (χ3n) is 3.23. The van der Waals surface area contributed by atoms with Gasteiger partial charge in [-0.2, -0.15) is 17.5 Å². The fraction of sp³-hybridized carbons (Fsp3) is 0.385. The Morgan fingerprint density at radius 3 is 2.52 bits per heavy atom. The Morgan fingerprint density at radius 1 is 1.29 bits per heavy atom. The van der Waals surface area contributed by atoms with Crippen LogP contribution < -0.4 is 5.73 Å². The van der Waals surface area contributed by atoms with Crippen molar-refractivity contribution in [3.8, 4) is 0 Å². The average molecular weight is 320 g/mol. The molecule has 1 aliphatic rings. The lowest BCUT2D eigenvalue weighted by molar-refractivity contribution is -0.0953. The molecule has 116 valence electrons. The number of rotatable bonds is 3. The van der Waals surface area contributed by atoms with Crippen molar-refractivity contribution in [2.45, 2.75) is 18.3 Å². The first-order valence-electron chi connectivity index (χ1n) is 6.27. The molecule has 8 heteroatoms. The van der Waals surface area contributed by atoms with Crippen LogP contribution in [0.3, 0.4) is 0 Å². The van der Waals surface area contributed by atoms with Crippen LogP contribution in [0.2, 0.25) is 0 Å². The first kappa shape index (κ1) is 15.8. The SMILES string of the molecule is Nc1cccc(CS(=O)(=O)N2CC=C(C(F)(F)F)CC2)c1. The topological polar surface area (TPSA) is 63.4 Å². The highest BCUT2D eigenvalue weighted by Gasteiger charge is 2.36. The second-order valence-electron chi connectivity index (χ2n) is 4.84. The van der Waals surface area contributed by atoms with E-state index in [0.717, 1.165) is 10.4 Å². The van der Waals surface area contributed by atoms with Crippen LogP contribution in [0.4, 0.5) is 18.9 Å². The summed E-state index contributed by atoms with van der Waals surface area (Å²) < 4.78 is 63.0. The lowest BCUT2D eigenvalue weighted by atomic mass is 10.1. The minimum absolute atomic E-state index is 0.157. The maximum atomic E-state index is 12.5. The van der Waals surface area contributed by atoms with Crippen LogP contribution >= 0.6 is 0 Å². The van der Waals surface area contributed by atoms with E-state index in [4.69, 9.17) is 5.73 Å². The average Bonchev–Trinajstić information content (AvgIpc) is 2.37. The summed E-state index contributed by atoms with van der Waals surface area (Å²) in [5, 5.41) is 0. The van der Waals surface area contributed by atoms with Gasteiger partial charge in [0.15, 0.2) is 0 Å². The quantitative estimate of drug-likeness (QED) is 0.686. The maximum Gasteiger partial charge on any atom is 0.412 e. The van der Waals surface area contributed by atoms with Crippen molar-refractivity contribution in [3.05, 3.63) is 41.5 Å². The number of anilines is 1. The van der Waals surface area contributed by atoms with E-state index in [-0.39, 0.29) is 25.3 Å². The molecule has 2 N–H and O–H groups in total. The predicted octanol–water partition coefficient (Wildman–Crippen LogP) is 2.29. The molecule has 0 amide bonds. The zero-order valence-corrected chi connectivity index (χ0v) is 11.9. The Balaban J connectivity index is 2.10. The number of alkyl halides is 3. The molecule has 0 fully saturated rings. The van der Waals surface area contributed by atoms with Gasteiger partial charge in [-0.3, -0.25) is 0 Å². The Morgan fingerprint density at radius 2 is 2.00 bits per heavy atom. The summed E-state index contributed by atoms with van der Waals surface area (Å²) in [5.74, 6) is -0.271. The molecular formula is C13H15F3N2O2S. The zero-order valence-electron chi connectivity index (χ0n) is 11.1. The van der Waals surface area contributed by atoms with Crippen LogP contribution in [0.1, 0.15) is 12.0 Å². The first-order valence-corrected chi connectivity index (χ1v) is 7.88. The molecule has 0 saturated heterocycles. The summed E-state index contributed by atoms with van der Waals surface area (Å²) in [6, 6.07) is 6.43. The normalized spacial score (nSPS) is 17.6. The Bertz CT molecular complexity index is 654. The van der Waals surface area contributed by atoms with E-state index in [2.05, 4.69) is 0 Å². The van der Waals surface area contributed by atoms with Crippen molar-refractivity contribution in [1.29, 1.82) is 0 Å². The smallest absolute Gasteiger partial charge is 0.399 e. The van der Waals surface area contributed by atoms with E-state index in [1.165, 1.54) is 0 Å². The van der Waals surface area contributed by atoms with Crippen molar-refractivity contribution in [3.63, 3.8) is 0 Å². The van der Waals surface area contributed by atoms with Crippen molar-refractivity contribution in [1.82, 2.24) is 4.31 Å². The van der Waals surface area contributed by atoms with E-state index in [0.29, 0.717) is 11.3 Å². The molecule has 0 saturated carbocycles. The molecule has 0 aromatic heterocycles. The van der Waals surface area contributed by atoms with E-state index >= 15 is 0 Å². The van der Waals surface area contributed by atoms with Gasteiger partial charge >= 0.3 is 6.18 Å². The standard InChI is InChI=1S/C13H15F3N2O2S/c14-13(15,16)11-4-6-18(7-5-11)21(19,20)9-10-2-1-3-12(17)8-10/h1-4,8H,5-7,9,17H2. The molecule has 21 heavy (non-hydrogen) atoms. The fourth-order valence-electron chi connectivity index (χ4n) is 2.15. The van der Waals surface area contributed by atoms with E-state index in [1.54, 1.807) is 24.3 Å². The first-order chi connectivity index (χ1) is 9.68. The fourth-order valence-corrected chi connectivity index (χ4v) is 3.60. The third kappa shape index (κ3) is 3.98. The summed E-state index contributed by atoms with van der Waals surface area (Å²) in [4.78, 5) is 0. The Labute approximate surface area is 121 Å². The van der Waals surface area contributed by atoms with Gasteiger partial charge in [0, 0.05) is 24.4 Å². The molecule has 0 unspecified atom stereocenters. The minimum Gasteiger partial charge on any atom is -0.399 e. The monoisotopic (exact) mass is 320 g/mol. The van der Waals surface area contributed by atoms with Gasteiger partial charge in [-0.05, 0) is 24.1 Å². The summed E-state index contributed by atoms with van der Waals surface area (Å²) in [6.45, 7) is -0.407. The molecule has 0 aliphatic carbocycles. The Hall–Kier alpha value is -1.54. The van der Waals surface area contributed by atoms with Crippen LogP contribution in [-0.4, -0.2) is 32.0 Å². The second kappa shape index (κ2) is 5.69. The van der Waals surface area contributed by atoms with Crippen molar-refractivity contribution in [2.75, 3.05) is 18.8 Å². The van der Waals surface area contributed by atoms with Gasteiger partial charge in [0.1, 0.15) is 0 Å². The highest BCUT2D eigenvalue weighted by Crippen LogP contribution is 2.31. The number of nitrogen functional groups attached to an aromatic ring is 1. The van der Waals surface area contributed by atoms with Gasteiger partial charge in [-0.25, -0.2) is 8.42 Å². The van der Waals surface area contributed by atoms with Crippen molar-refractivity contribution < 1.29 is 21.6 Å². The second-order valence-corrected chi connectivity index (χ2v) is 6.81. The molecule has 1 aromatic rings. The van der Waals surface area contributed by atoms with E-state index < -0.39 is 21.8 Å². The lowest BCUT2D eigenvalue weighted by Crippen LogP contribution is -2.37. The zero-order chi connectivity index (χ0) is 15.7. The number of nitrogens with zero attached hydrogens (tertiary/aromatic N) is 1. The molecule has 4 nitrogen and oxygen atoms in total. The number of benzene rings is 1. The van der Waals surface area contributed by atoms with E-state index in [1.807, 2.05) is 0 Å². The van der Waals surface area contributed by atoms with Gasteiger partial charge in [-0.15, -0.1) is 0 Å². The number of sulfonamides is 1. The van der Waals surface area contributed by atoms with Gasteiger partial charge in [-0.1, -0.05) is 18.2 Å². The highest BCUT2D eigenvalue weighted by atomic mass is 32.2. The molecule has 1 heterocycles. The minimum atomic E-state index is -4.39. The number of hydrogen-bond acceptors (Lipinski definition) is 3. The highest BCUT2D eigenvalue weighted by molar-refractivity contribution is 7.88. The van der Waals surface area contributed by atoms with Gasteiger partial charge in [0.05, 0.1) is 5.75 Å². The Kier molecular flexibility index (Phi) is 4.29. The largest absolute Gasteiger partial charge is 0.412 e. The number of nitrogens with two attached hydrogens (primary N) is 1. The molecule has 1 aliphatic heterocycles. The van der Waals surface area contributed by atoms with Gasteiger partial charge in [0.25, 0.3) is 0 Å². The van der Waals surface area contributed by atoms with Crippen LogP contribution in [0.15, 0.2) is 35.9 Å². The van der Waals surface area contributed by atoms with Gasteiger partial charge < -0.3 is 5.73 Å². The summed E-state index contributed by atoms with van der Waals surface area (Å²) in [5.41, 5.74) is 5.87. The van der Waals surface area contributed by atoms with Crippen LogP contribution in [-0.2, 0) is 15.8 Å². The third-order valence-corrected chi connectivity index (χ3v) is 5.05. The summed E-state index contributed by atoms with van der Waals surface area (Å²) in [7, 11) is -3.66. The van der Waals surface area contributed by atoms with Gasteiger partial charge in [0.2, 0.25) is 10.0 Å². The number of halogens is 3. The molecule has 0 atom stereocenters. The molecule has 2 rings (SSSR count). The molecule has 0 spiro atoms. The predicted molar refractivity (Wildman–Crippen MR) is 73.8 cm³/mol. The molecule has 0 bridgehead atoms. The van der Waals surface area contributed by atoms with Crippen molar-refractivity contribution in [2.24, 2.45) is 0 Å². The number of hydrogen-bond donors (Lipinski definition) is 1.